The third-order valence-electron chi connectivity index (χ3n) is 5.58. The molecule has 0 fully saturated rings. The number of hydrogen-bond acceptors (Lipinski definition) is 4. The highest BCUT2D eigenvalue weighted by molar-refractivity contribution is 6.81. The molecule has 27 heavy (non-hydrogen) atoms. The zero-order valence-electron chi connectivity index (χ0n) is 18.6. The predicted molar refractivity (Wildman–Crippen MR) is 117 cm³/mol. The molecule has 9 heteroatoms. The minimum absolute atomic E-state index is 0.0881. The third kappa shape index (κ3) is 9.03. The van der Waals surface area contributed by atoms with E-state index in [0.29, 0.717) is 12.1 Å². The SMILES string of the molecule is CCC(O[Si](C)(C)C(C)(C)O[Si](C)(C)CCC(=O)O)[Si](C)(C)CCC(=O)O. The molecular formula is C18H40O6Si3. The van der Waals surface area contributed by atoms with Crippen LogP contribution in [0.5, 0.6) is 0 Å². The Morgan fingerprint density at radius 2 is 1.37 bits per heavy atom. The van der Waals surface area contributed by atoms with Crippen molar-refractivity contribution in [1.29, 1.82) is 0 Å². The summed E-state index contributed by atoms with van der Waals surface area (Å²) in [5.74, 6) is -1.54. The summed E-state index contributed by atoms with van der Waals surface area (Å²) >= 11 is 0. The zero-order valence-corrected chi connectivity index (χ0v) is 21.6. The van der Waals surface area contributed by atoms with Crippen molar-refractivity contribution in [2.75, 3.05) is 0 Å². The number of hydrogen-bond donors (Lipinski definition) is 2. The molecule has 160 valence electrons. The van der Waals surface area contributed by atoms with Gasteiger partial charge in [0.25, 0.3) is 0 Å². The average Bonchev–Trinajstić information content (AvgIpc) is 2.47. The minimum atomic E-state index is -2.29. The van der Waals surface area contributed by atoms with Crippen LogP contribution in [0.3, 0.4) is 0 Å². The topological polar surface area (TPSA) is 93.1 Å². The van der Waals surface area contributed by atoms with Crippen molar-refractivity contribution >= 4 is 36.6 Å². The number of carboxylic acids is 2. The molecule has 1 atom stereocenters. The van der Waals surface area contributed by atoms with E-state index in [-0.39, 0.29) is 18.6 Å². The van der Waals surface area contributed by atoms with Crippen LogP contribution in [0.4, 0.5) is 0 Å². The Labute approximate surface area is 167 Å². The van der Waals surface area contributed by atoms with Gasteiger partial charge in [0, 0.05) is 18.6 Å². The second kappa shape index (κ2) is 9.82. The van der Waals surface area contributed by atoms with Gasteiger partial charge < -0.3 is 19.1 Å². The van der Waals surface area contributed by atoms with E-state index < -0.39 is 41.9 Å². The quantitative estimate of drug-likeness (QED) is 0.406. The van der Waals surface area contributed by atoms with E-state index >= 15 is 0 Å². The van der Waals surface area contributed by atoms with Gasteiger partial charge in [-0.1, -0.05) is 20.0 Å². The average molecular weight is 437 g/mol. The molecule has 6 nitrogen and oxygen atoms in total. The second-order valence-electron chi connectivity index (χ2n) is 9.67. The number of carboxylic acid groups (broad SMARTS) is 2. The van der Waals surface area contributed by atoms with Crippen molar-refractivity contribution in [2.45, 2.75) is 102 Å². The lowest BCUT2D eigenvalue weighted by molar-refractivity contribution is -0.137. The molecule has 0 rings (SSSR count). The van der Waals surface area contributed by atoms with Crippen molar-refractivity contribution in [3.05, 3.63) is 0 Å². The maximum atomic E-state index is 11.0. The molecule has 0 radical (unpaired) electrons. The molecule has 0 heterocycles. The highest BCUT2D eigenvalue weighted by Gasteiger charge is 2.48. The molecule has 0 saturated carbocycles. The van der Waals surface area contributed by atoms with Crippen LogP contribution in [0.1, 0.15) is 40.0 Å². The highest BCUT2D eigenvalue weighted by Crippen LogP contribution is 2.34. The first kappa shape index (κ1) is 26.5. The summed E-state index contributed by atoms with van der Waals surface area (Å²) in [6, 6.07) is 1.28. The molecule has 0 saturated heterocycles. The van der Waals surface area contributed by atoms with Gasteiger partial charge in [-0.25, -0.2) is 0 Å². The van der Waals surface area contributed by atoms with Gasteiger partial charge >= 0.3 is 11.9 Å². The molecule has 0 aromatic heterocycles. The smallest absolute Gasteiger partial charge is 0.303 e. The fourth-order valence-corrected chi connectivity index (χ4v) is 12.9. The molecule has 0 aliphatic carbocycles. The van der Waals surface area contributed by atoms with E-state index in [9.17, 15) is 9.59 Å². The van der Waals surface area contributed by atoms with E-state index in [2.05, 4.69) is 60.1 Å². The summed E-state index contributed by atoms with van der Waals surface area (Å²) in [6.45, 7) is 19.1. The summed E-state index contributed by atoms with van der Waals surface area (Å²) in [6.07, 6.45) is 1.19. The van der Waals surface area contributed by atoms with E-state index in [1.807, 2.05) is 0 Å². The van der Waals surface area contributed by atoms with Gasteiger partial charge in [-0.3, -0.25) is 9.59 Å². The molecule has 1 unspecified atom stereocenters. The zero-order chi connectivity index (χ0) is 21.7. The van der Waals surface area contributed by atoms with E-state index in [1.165, 1.54) is 0 Å². The van der Waals surface area contributed by atoms with Gasteiger partial charge in [0.05, 0.1) is 13.3 Å². The molecule has 0 aromatic rings. The van der Waals surface area contributed by atoms with Crippen LogP contribution in [0.15, 0.2) is 0 Å². The van der Waals surface area contributed by atoms with E-state index in [0.717, 1.165) is 6.42 Å². The van der Waals surface area contributed by atoms with Crippen LogP contribution in [-0.4, -0.2) is 57.8 Å². The lowest BCUT2D eigenvalue weighted by Gasteiger charge is -2.47. The second-order valence-corrected chi connectivity index (χ2v) is 23.5. The molecule has 0 bridgehead atoms. The van der Waals surface area contributed by atoms with Gasteiger partial charge in [0.2, 0.25) is 8.32 Å². The van der Waals surface area contributed by atoms with Crippen LogP contribution < -0.4 is 0 Å². The summed E-state index contributed by atoms with van der Waals surface area (Å²) < 4.78 is 13.2. The molecule has 0 aromatic carbocycles. The Kier molecular flexibility index (Phi) is 9.64. The Morgan fingerprint density at radius 3 is 1.78 bits per heavy atom. The Morgan fingerprint density at radius 1 is 0.926 bits per heavy atom. The maximum Gasteiger partial charge on any atom is 0.303 e. The molecule has 0 amide bonds. The fourth-order valence-electron chi connectivity index (χ4n) is 3.16. The molecule has 0 spiro atoms. The molecule has 2 N–H and O–H groups in total. The van der Waals surface area contributed by atoms with Crippen molar-refractivity contribution in [2.24, 2.45) is 0 Å². The highest BCUT2D eigenvalue weighted by atomic mass is 28.4. The van der Waals surface area contributed by atoms with Crippen molar-refractivity contribution in [3.63, 3.8) is 0 Å². The van der Waals surface area contributed by atoms with Crippen LogP contribution in [0.25, 0.3) is 0 Å². The van der Waals surface area contributed by atoms with Crippen molar-refractivity contribution in [3.8, 4) is 0 Å². The summed E-state index contributed by atoms with van der Waals surface area (Å²) in [5.41, 5.74) is 0.0881. The fraction of sp³-hybridized carbons (Fsp3) is 0.889. The lowest BCUT2D eigenvalue weighted by Crippen LogP contribution is -2.62. The minimum Gasteiger partial charge on any atom is -0.481 e. The van der Waals surface area contributed by atoms with Crippen LogP contribution in [0.2, 0.25) is 51.4 Å². The molecule has 0 aliphatic heterocycles. The summed E-state index contributed by atoms with van der Waals surface area (Å²) in [4.78, 5) is 21.9. The normalized spacial score (nSPS) is 14.9. The lowest BCUT2D eigenvalue weighted by atomic mass is 10.5. The van der Waals surface area contributed by atoms with Crippen LogP contribution >= 0.6 is 0 Å². The van der Waals surface area contributed by atoms with Gasteiger partial charge in [-0.15, -0.1) is 0 Å². The van der Waals surface area contributed by atoms with Gasteiger partial charge in [-0.05, 0) is 58.5 Å². The maximum absolute atomic E-state index is 11.0. The Balaban J connectivity index is 5.26. The number of carbonyl (C=O) groups is 2. The Bertz CT molecular complexity index is 517. The first-order valence-corrected chi connectivity index (χ1v) is 19.1. The number of rotatable bonds is 13. The van der Waals surface area contributed by atoms with Crippen molar-refractivity contribution < 1.29 is 28.7 Å². The monoisotopic (exact) mass is 436 g/mol. The van der Waals surface area contributed by atoms with Gasteiger partial charge in [0.1, 0.15) is 0 Å². The van der Waals surface area contributed by atoms with Gasteiger partial charge in [0.15, 0.2) is 8.32 Å². The predicted octanol–water partition coefficient (Wildman–Crippen LogP) is 4.72. The summed E-state index contributed by atoms with van der Waals surface area (Å²) in [5, 5.41) is 17.6. The molecular weight excluding hydrogens is 396 g/mol. The van der Waals surface area contributed by atoms with Crippen molar-refractivity contribution in [1.82, 2.24) is 0 Å². The standard InChI is InChI=1S/C18H40O6Si3/c1-10-17(25(4,5)13-11-15(19)20)23-27(8,9)18(2,3)24-26(6,7)14-12-16(21)22/h17H,10-14H2,1-9H3,(H,19,20)(H,21,22). The first-order chi connectivity index (χ1) is 12.0. The largest absolute Gasteiger partial charge is 0.481 e. The van der Waals surface area contributed by atoms with Gasteiger partial charge in [-0.2, -0.15) is 0 Å². The van der Waals surface area contributed by atoms with E-state index in [4.69, 9.17) is 19.1 Å². The molecule has 0 aliphatic rings. The van der Waals surface area contributed by atoms with Crippen LogP contribution in [-0.2, 0) is 18.4 Å². The first-order valence-electron chi connectivity index (χ1n) is 9.77. The third-order valence-corrected chi connectivity index (χ3v) is 16.2. The Hall–Kier alpha value is -0.489. The number of aliphatic carboxylic acids is 2. The summed E-state index contributed by atoms with van der Waals surface area (Å²) in [7, 11) is -6.30. The van der Waals surface area contributed by atoms with Crippen LogP contribution in [0, 0.1) is 0 Å². The van der Waals surface area contributed by atoms with E-state index in [1.54, 1.807) is 0 Å².